The van der Waals surface area contributed by atoms with Gasteiger partial charge in [-0.3, -0.25) is 4.79 Å². The van der Waals surface area contributed by atoms with Crippen molar-refractivity contribution in [2.45, 2.75) is 37.5 Å². The van der Waals surface area contributed by atoms with Crippen molar-refractivity contribution in [2.24, 2.45) is 0 Å². The minimum absolute atomic E-state index is 0.0414. The first kappa shape index (κ1) is 15.7. The summed E-state index contributed by atoms with van der Waals surface area (Å²) in [5.74, 6) is -1.23. The Balaban J connectivity index is 2.24. The highest BCUT2D eigenvalue weighted by atomic mass is 32.2. The maximum absolute atomic E-state index is 12.3. The number of hydrogen-bond acceptors (Lipinski definition) is 4. The Morgan fingerprint density at radius 3 is 2.71 bits per heavy atom. The molecule has 1 aromatic rings. The number of carbonyl (C=O) groups is 1. The van der Waals surface area contributed by atoms with E-state index in [1.165, 1.54) is 12.1 Å². The fourth-order valence-electron chi connectivity index (χ4n) is 2.10. The van der Waals surface area contributed by atoms with Gasteiger partial charge in [0, 0.05) is 0 Å². The summed E-state index contributed by atoms with van der Waals surface area (Å²) in [5, 5.41) is 9.10. The first-order chi connectivity index (χ1) is 9.79. The second kappa shape index (κ2) is 5.97. The van der Waals surface area contributed by atoms with Crippen LogP contribution < -0.4 is 4.72 Å². The molecule has 21 heavy (non-hydrogen) atoms. The summed E-state index contributed by atoms with van der Waals surface area (Å²) >= 11 is 0. The summed E-state index contributed by atoms with van der Waals surface area (Å²) in [4.78, 5) is 11.2. The first-order valence-corrected chi connectivity index (χ1v) is 7.87. The van der Waals surface area contributed by atoms with Crippen LogP contribution in [0.4, 0.5) is 0 Å². The van der Waals surface area contributed by atoms with E-state index in [1.807, 2.05) is 0 Å². The lowest BCUT2D eigenvalue weighted by molar-refractivity contribution is -0.138. The normalized spacial score (nSPS) is 15.5. The molecule has 114 valence electrons. The molecule has 0 radical (unpaired) electrons. The summed E-state index contributed by atoms with van der Waals surface area (Å²) in [6.45, 7) is 6.10. The zero-order chi connectivity index (χ0) is 15.6. The van der Waals surface area contributed by atoms with Crippen molar-refractivity contribution in [3.8, 4) is 0 Å². The molecule has 2 N–H and O–H groups in total. The Labute approximate surface area is 123 Å². The number of ether oxygens (including phenoxy) is 1. The number of benzene rings is 1. The second-order valence-corrected chi connectivity index (χ2v) is 6.81. The van der Waals surface area contributed by atoms with Crippen LogP contribution in [0, 0.1) is 0 Å². The van der Waals surface area contributed by atoms with Gasteiger partial charge in [0.2, 0.25) is 10.0 Å². The lowest BCUT2D eigenvalue weighted by Gasteiger charge is -2.15. The van der Waals surface area contributed by atoms with Crippen LogP contribution >= 0.6 is 0 Å². The van der Waals surface area contributed by atoms with Crippen molar-refractivity contribution in [1.29, 1.82) is 0 Å². The minimum atomic E-state index is -3.90. The molecular formula is C14H17NO5S. The zero-order valence-electron chi connectivity index (χ0n) is 11.6. The van der Waals surface area contributed by atoms with Crippen LogP contribution in [0.5, 0.6) is 0 Å². The molecule has 1 heterocycles. The van der Waals surface area contributed by atoms with Crippen molar-refractivity contribution in [3.05, 3.63) is 41.5 Å². The van der Waals surface area contributed by atoms with Gasteiger partial charge in [-0.15, -0.1) is 6.58 Å². The Bertz CT molecular complexity index is 681. The molecule has 2 rings (SSSR count). The fourth-order valence-corrected chi connectivity index (χ4v) is 3.34. The van der Waals surface area contributed by atoms with Crippen LogP contribution in [-0.4, -0.2) is 25.5 Å². The highest BCUT2D eigenvalue weighted by molar-refractivity contribution is 7.89. The highest BCUT2D eigenvalue weighted by Gasteiger charge is 2.26. The summed E-state index contributed by atoms with van der Waals surface area (Å²) in [5.41, 5.74) is 2.35. The van der Waals surface area contributed by atoms with E-state index in [2.05, 4.69) is 11.3 Å². The van der Waals surface area contributed by atoms with Crippen molar-refractivity contribution in [2.75, 3.05) is 0 Å². The largest absolute Gasteiger partial charge is 0.480 e. The van der Waals surface area contributed by atoms with Gasteiger partial charge in [-0.25, -0.2) is 8.42 Å². The van der Waals surface area contributed by atoms with Gasteiger partial charge in [0.05, 0.1) is 18.1 Å². The average molecular weight is 311 g/mol. The molecule has 0 fully saturated rings. The van der Waals surface area contributed by atoms with Gasteiger partial charge in [0.25, 0.3) is 0 Å². The van der Waals surface area contributed by atoms with E-state index < -0.39 is 22.0 Å². The SMILES string of the molecule is C=C(C)CC(NS(=O)(=O)c1ccc2c(c1)COC2)C(=O)O. The number of fused-ring (bicyclic) bond motifs is 1. The lowest BCUT2D eigenvalue weighted by Crippen LogP contribution is -2.40. The minimum Gasteiger partial charge on any atom is -0.480 e. The van der Waals surface area contributed by atoms with Gasteiger partial charge in [0.15, 0.2) is 0 Å². The predicted octanol–water partition coefficient (Wildman–Crippen LogP) is 1.41. The summed E-state index contributed by atoms with van der Waals surface area (Å²) in [7, 11) is -3.90. The zero-order valence-corrected chi connectivity index (χ0v) is 12.4. The first-order valence-electron chi connectivity index (χ1n) is 6.38. The van der Waals surface area contributed by atoms with E-state index in [-0.39, 0.29) is 11.3 Å². The fraction of sp³-hybridized carbons (Fsp3) is 0.357. The maximum Gasteiger partial charge on any atom is 0.322 e. The molecule has 0 aliphatic carbocycles. The number of hydrogen-bond donors (Lipinski definition) is 2. The number of sulfonamides is 1. The van der Waals surface area contributed by atoms with Gasteiger partial charge in [0.1, 0.15) is 6.04 Å². The smallest absolute Gasteiger partial charge is 0.322 e. The van der Waals surface area contributed by atoms with Gasteiger partial charge < -0.3 is 9.84 Å². The topological polar surface area (TPSA) is 92.7 Å². The van der Waals surface area contributed by atoms with E-state index >= 15 is 0 Å². The number of carboxylic acids is 1. The summed E-state index contributed by atoms with van der Waals surface area (Å²) in [6.07, 6.45) is 0.0443. The van der Waals surface area contributed by atoms with Crippen LogP contribution in [0.15, 0.2) is 35.2 Å². The molecule has 6 nitrogen and oxygen atoms in total. The molecule has 1 aromatic carbocycles. The van der Waals surface area contributed by atoms with Crippen molar-refractivity contribution in [1.82, 2.24) is 4.72 Å². The van der Waals surface area contributed by atoms with E-state index in [9.17, 15) is 13.2 Å². The van der Waals surface area contributed by atoms with E-state index in [1.54, 1.807) is 13.0 Å². The maximum atomic E-state index is 12.3. The van der Waals surface area contributed by atoms with E-state index in [0.717, 1.165) is 11.1 Å². The molecule has 1 unspecified atom stereocenters. The number of aliphatic carboxylic acids is 1. The Morgan fingerprint density at radius 1 is 1.43 bits per heavy atom. The Morgan fingerprint density at radius 2 is 2.10 bits per heavy atom. The monoisotopic (exact) mass is 311 g/mol. The average Bonchev–Trinajstić information content (AvgIpc) is 2.84. The van der Waals surface area contributed by atoms with Crippen LogP contribution in [0.25, 0.3) is 0 Å². The Hall–Kier alpha value is -1.70. The van der Waals surface area contributed by atoms with Crippen molar-refractivity contribution in [3.63, 3.8) is 0 Å². The molecule has 1 aliphatic rings. The third-order valence-electron chi connectivity index (χ3n) is 3.15. The second-order valence-electron chi connectivity index (χ2n) is 5.10. The molecule has 0 spiro atoms. The molecule has 1 aliphatic heterocycles. The molecule has 0 amide bonds. The van der Waals surface area contributed by atoms with Gasteiger partial charge in [-0.2, -0.15) is 4.72 Å². The van der Waals surface area contributed by atoms with Gasteiger partial charge >= 0.3 is 5.97 Å². The molecule has 7 heteroatoms. The summed E-state index contributed by atoms with van der Waals surface area (Å²) in [6, 6.07) is 3.43. The number of nitrogens with one attached hydrogen (secondary N) is 1. The van der Waals surface area contributed by atoms with Crippen molar-refractivity contribution < 1.29 is 23.1 Å². The standard InChI is InChI=1S/C14H17NO5S/c1-9(2)5-13(14(16)17)15-21(18,19)12-4-3-10-7-20-8-11(10)6-12/h3-4,6,13,15H,1,5,7-8H2,2H3,(H,16,17). The van der Waals surface area contributed by atoms with Crippen LogP contribution in [0.1, 0.15) is 24.5 Å². The lowest BCUT2D eigenvalue weighted by atomic mass is 10.1. The predicted molar refractivity (Wildman–Crippen MR) is 76.1 cm³/mol. The third kappa shape index (κ3) is 3.69. The molecule has 0 saturated heterocycles. The molecule has 0 bridgehead atoms. The molecule has 1 atom stereocenters. The van der Waals surface area contributed by atoms with Crippen molar-refractivity contribution >= 4 is 16.0 Å². The van der Waals surface area contributed by atoms with Crippen LogP contribution in [0.3, 0.4) is 0 Å². The molecular weight excluding hydrogens is 294 g/mol. The van der Waals surface area contributed by atoms with Gasteiger partial charge in [-0.1, -0.05) is 11.6 Å². The quantitative estimate of drug-likeness (QED) is 0.775. The number of carboxylic acid groups (broad SMARTS) is 1. The third-order valence-corrected chi connectivity index (χ3v) is 4.62. The highest BCUT2D eigenvalue weighted by Crippen LogP contribution is 2.23. The van der Waals surface area contributed by atoms with Gasteiger partial charge in [-0.05, 0) is 36.6 Å². The number of rotatable bonds is 6. The molecule has 0 saturated carbocycles. The summed E-state index contributed by atoms with van der Waals surface area (Å²) < 4.78 is 32.0. The Kier molecular flexibility index (Phi) is 4.46. The van der Waals surface area contributed by atoms with Crippen LogP contribution in [-0.2, 0) is 32.8 Å². The molecule has 0 aromatic heterocycles. The van der Waals surface area contributed by atoms with Crippen LogP contribution in [0.2, 0.25) is 0 Å². The van der Waals surface area contributed by atoms with E-state index in [0.29, 0.717) is 18.8 Å². The van der Waals surface area contributed by atoms with E-state index in [4.69, 9.17) is 9.84 Å².